The fourth-order valence-electron chi connectivity index (χ4n) is 4.89. The van der Waals surface area contributed by atoms with Gasteiger partial charge in [0.25, 0.3) is 5.56 Å². The minimum Gasteiger partial charge on any atom is -0.494 e. The second-order valence-corrected chi connectivity index (χ2v) is 11.1. The van der Waals surface area contributed by atoms with Crippen molar-refractivity contribution in [3.05, 3.63) is 135 Å². The van der Waals surface area contributed by atoms with Gasteiger partial charge in [0.05, 0.1) is 16.8 Å². The molecule has 0 saturated heterocycles. The van der Waals surface area contributed by atoms with Crippen molar-refractivity contribution in [2.75, 3.05) is 6.61 Å². The van der Waals surface area contributed by atoms with Gasteiger partial charge in [0.1, 0.15) is 11.4 Å². The van der Waals surface area contributed by atoms with Gasteiger partial charge in [-0.2, -0.15) is 14.6 Å². The lowest BCUT2D eigenvalue weighted by Crippen LogP contribution is -2.23. The van der Waals surface area contributed by atoms with Crippen molar-refractivity contribution in [2.24, 2.45) is 0 Å². The minimum absolute atomic E-state index is 0.207. The Morgan fingerprint density at radius 3 is 2.44 bits per heavy atom. The monoisotopic (exact) mass is 581 g/mol. The first-order valence-corrected chi connectivity index (χ1v) is 14.9. The second kappa shape index (κ2) is 11.5. The molecule has 0 aliphatic heterocycles. The molecule has 0 saturated carbocycles. The van der Waals surface area contributed by atoms with E-state index in [0.717, 1.165) is 51.0 Å². The van der Waals surface area contributed by atoms with Crippen LogP contribution >= 0.6 is 11.3 Å². The summed E-state index contributed by atoms with van der Waals surface area (Å²) in [6.45, 7) is 2.78. The number of benzene rings is 4. The van der Waals surface area contributed by atoms with Crippen LogP contribution in [-0.4, -0.2) is 31.0 Å². The van der Waals surface area contributed by atoms with E-state index in [1.807, 2.05) is 95.8 Å². The van der Waals surface area contributed by atoms with Crippen LogP contribution < -0.4 is 14.8 Å². The van der Waals surface area contributed by atoms with Gasteiger partial charge in [-0.15, -0.1) is 5.10 Å². The smallest absolute Gasteiger partial charge is 0.291 e. The van der Waals surface area contributed by atoms with E-state index in [2.05, 4.69) is 47.3 Å². The average Bonchev–Trinajstić information content (AvgIpc) is 3.74. The topological polar surface area (TPSA) is 74.3 Å². The molecule has 0 unspecified atom stereocenters. The SMILES string of the molecule is CCCOc1ccc(/C=C/c2nc3s/c(=C\c4cn(-c5ccccc5)nc4-c4ccc5ccccc5c4)c(=O)n3n2)cc1. The van der Waals surface area contributed by atoms with Crippen LogP contribution in [0, 0.1) is 0 Å². The van der Waals surface area contributed by atoms with Crippen LogP contribution in [-0.2, 0) is 0 Å². The number of ether oxygens (including phenoxy) is 1. The van der Waals surface area contributed by atoms with Gasteiger partial charge in [-0.3, -0.25) is 4.79 Å². The van der Waals surface area contributed by atoms with Crippen molar-refractivity contribution in [1.82, 2.24) is 24.4 Å². The molecular formula is C35H27N5O2S. The van der Waals surface area contributed by atoms with Crippen LogP contribution in [0.15, 0.2) is 108 Å². The lowest BCUT2D eigenvalue weighted by atomic mass is 10.0. The van der Waals surface area contributed by atoms with E-state index in [9.17, 15) is 4.79 Å². The van der Waals surface area contributed by atoms with Crippen molar-refractivity contribution in [1.29, 1.82) is 0 Å². The fourth-order valence-corrected chi connectivity index (χ4v) is 5.80. The minimum atomic E-state index is -0.207. The van der Waals surface area contributed by atoms with E-state index < -0.39 is 0 Å². The van der Waals surface area contributed by atoms with E-state index >= 15 is 0 Å². The summed E-state index contributed by atoms with van der Waals surface area (Å²) in [5, 5.41) is 11.7. The molecule has 0 bridgehead atoms. The van der Waals surface area contributed by atoms with Gasteiger partial charge in [0.15, 0.2) is 5.82 Å². The molecule has 0 spiro atoms. The van der Waals surface area contributed by atoms with Crippen molar-refractivity contribution in [2.45, 2.75) is 13.3 Å². The molecule has 4 aromatic carbocycles. The summed E-state index contributed by atoms with van der Waals surface area (Å²) >= 11 is 1.32. The zero-order valence-corrected chi connectivity index (χ0v) is 24.2. The summed E-state index contributed by atoms with van der Waals surface area (Å²) in [5.41, 5.74) is 4.34. The van der Waals surface area contributed by atoms with Crippen LogP contribution in [0.1, 0.15) is 30.3 Å². The van der Waals surface area contributed by atoms with Gasteiger partial charge in [-0.05, 0) is 65.2 Å². The third-order valence-electron chi connectivity index (χ3n) is 7.05. The number of hydrogen-bond donors (Lipinski definition) is 0. The summed E-state index contributed by atoms with van der Waals surface area (Å²) in [6.07, 6.45) is 8.55. The van der Waals surface area contributed by atoms with Gasteiger partial charge in [-0.25, -0.2) is 4.68 Å². The van der Waals surface area contributed by atoms with E-state index in [1.165, 1.54) is 15.9 Å². The lowest BCUT2D eigenvalue weighted by Gasteiger charge is -2.03. The Bertz CT molecular complexity index is 2200. The van der Waals surface area contributed by atoms with Crippen molar-refractivity contribution in [3.63, 3.8) is 0 Å². The highest BCUT2D eigenvalue weighted by atomic mass is 32.1. The first-order valence-electron chi connectivity index (χ1n) is 14.1. The normalized spacial score (nSPS) is 12.2. The Labute approximate surface area is 251 Å². The molecular weight excluding hydrogens is 554 g/mol. The summed E-state index contributed by atoms with van der Waals surface area (Å²) in [5.74, 6) is 1.33. The zero-order chi connectivity index (χ0) is 29.2. The molecule has 0 radical (unpaired) electrons. The number of fused-ring (bicyclic) bond motifs is 2. The third-order valence-corrected chi connectivity index (χ3v) is 8.01. The Morgan fingerprint density at radius 2 is 1.65 bits per heavy atom. The molecule has 210 valence electrons. The molecule has 3 aromatic heterocycles. The standard InChI is InChI=1S/C35H27N5O2S/c1-2-20-42-30-17-12-24(13-18-30)14-19-32-36-35-40(37-32)34(41)31(43-35)22-28-23-39(29-10-4-3-5-11-29)38-33(28)27-16-15-25-8-6-7-9-26(25)21-27/h3-19,21-23H,2,20H2,1H3/b19-14+,31-22-. The molecule has 43 heavy (non-hydrogen) atoms. The molecule has 0 atom stereocenters. The largest absolute Gasteiger partial charge is 0.494 e. The summed E-state index contributed by atoms with van der Waals surface area (Å²) in [7, 11) is 0. The second-order valence-electron chi connectivity index (χ2n) is 10.1. The predicted octanol–water partition coefficient (Wildman–Crippen LogP) is 6.66. The Hall–Kier alpha value is -5.34. The summed E-state index contributed by atoms with van der Waals surface area (Å²) < 4.78 is 9.41. The van der Waals surface area contributed by atoms with E-state index in [4.69, 9.17) is 9.84 Å². The van der Waals surface area contributed by atoms with Crippen LogP contribution in [0.4, 0.5) is 0 Å². The zero-order valence-electron chi connectivity index (χ0n) is 23.4. The lowest BCUT2D eigenvalue weighted by molar-refractivity contribution is 0.317. The van der Waals surface area contributed by atoms with E-state index in [1.54, 1.807) is 0 Å². The molecule has 3 heterocycles. The summed E-state index contributed by atoms with van der Waals surface area (Å²) in [6, 6.07) is 32.4. The van der Waals surface area contributed by atoms with Crippen LogP contribution in [0.2, 0.25) is 0 Å². The van der Waals surface area contributed by atoms with Crippen LogP contribution in [0.3, 0.4) is 0 Å². The van der Waals surface area contributed by atoms with Crippen LogP contribution in [0.25, 0.3) is 50.9 Å². The van der Waals surface area contributed by atoms with Crippen LogP contribution in [0.5, 0.6) is 5.75 Å². The number of aromatic nitrogens is 5. The Kier molecular flexibility index (Phi) is 7.10. The van der Waals surface area contributed by atoms with Gasteiger partial charge < -0.3 is 4.74 Å². The van der Waals surface area contributed by atoms with Gasteiger partial charge >= 0.3 is 0 Å². The molecule has 8 heteroatoms. The quantitative estimate of drug-likeness (QED) is 0.201. The molecule has 7 aromatic rings. The number of thiazole rings is 1. The fraction of sp³-hybridized carbons (Fsp3) is 0.0857. The van der Waals surface area contributed by atoms with E-state index in [0.29, 0.717) is 21.9 Å². The van der Waals surface area contributed by atoms with Gasteiger partial charge in [0, 0.05) is 17.3 Å². The number of nitrogens with zero attached hydrogens (tertiary/aromatic N) is 5. The van der Waals surface area contributed by atoms with E-state index in [-0.39, 0.29) is 5.56 Å². The van der Waals surface area contributed by atoms with Crippen molar-refractivity contribution >= 4 is 45.3 Å². The average molecular weight is 582 g/mol. The van der Waals surface area contributed by atoms with Crippen molar-refractivity contribution < 1.29 is 4.74 Å². The Balaban J connectivity index is 1.24. The maximum atomic E-state index is 13.4. The number of hydrogen-bond acceptors (Lipinski definition) is 6. The highest BCUT2D eigenvalue weighted by molar-refractivity contribution is 7.15. The summed E-state index contributed by atoms with van der Waals surface area (Å²) in [4.78, 5) is 18.6. The first-order chi connectivity index (χ1) is 21.1. The molecule has 0 amide bonds. The molecule has 0 aliphatic carbocycles. The highest BCUT2D eigenvalue weighted by Crippen LogP contribution is 2.28. The van der Waals surface area contributed by atoms with Crippen molar-refractivity contribution in [3.8, 4) is 22.7 Å². The highest BCUT2D eigenvalue weighted by Gasteiger charge is 2.14. The molecule has 0 aliphatic rings. The predicted molar refractivity (Wildman–Crippen MR) is 174 cm³/mol. The Morgan fingerprint density at radius 1 is 0.860 bits per heavy atom. The molecule has 0 N–H and O–H groups in total. The van der Waals surface area contributed by atoms with Gasteiger partial charge in [0.2, 0.25) is 4.96 Å². The third kappa shape index (κ3) is 5.48. The molecule has 7 rings (SSSR count). The number of para-hydroxylation sites is 1. The number of rotatable bonds is 8. The molecule has 7 nitrogen and oxygen atoms in total. The van der Waals surface area contributed by atoms with Gasteiger partial charge in [-0.1, -0.05) is 91.1 Å². The maximum Gasteiger partial charge on any atom is 0.291 e. The molecule has 0 fully saturated rings. The maximum absolute atomic E-state index is 13.4. The first kappa shape index (κ1) is 26.6.